The monoisotopic (exact) mass is 350 g/mol. The standard InChI is InChI=1S/C20H22N4O2/c21-20(22)23-19(26)12-5-10-16-15-3-1-2-4-17(15)24(18(16)11-12)13-6-8-14(25)9-7-13/h1-5,10-11,13-14,25H,6-9H2,(H4,21,22,23,26). The zero-order valence-corrected chi connectivity index (χ0v) is 14.4. The van der Waals surface area contributed by atoms with Crippen molar-refractivity contribution in [3.05, 3.63) is 48.0 Å². The van der Waals surface area contributed by atoms with Crippen molar-refractivity contribution in [3.63, 3.8) is 0 Å². The van der Waals surface area contributed by atoms with Gasteiger partial charge in [-0.1, -0.05) is 24.3 Å². The van der Waals surface area contributed by atoms with Gasteiger partial charge in [0.1, 0.15) is 0 Å². The summed E-state index contributed by atoms with van der Waals surface area (Å²) in [5, 5.41) is 12.1. The molecule has 0 bridgehead atoms. The van der Waals surface area contributed by atoms with Crippen LogP contribution in [0.15, 0.2) is 47.5 Å². The van der Waals surface area contributed by atoms with Gasteiger partial charge < -0.3 is 21.1 Å². The molecule has 1 fully saturated rings. The number of nitrogens with two attached hydrogens (primary N) is 2. The van der Waals surface area contributed by atoms with E-state index >= 15 is 0 Å². The molecule has 1 aromatic heterocycles. The summed E-state index contributed by atoms with van der Waals surface area (Å²) in [6.45, 7) is 0. The highest BCUT2D eigenvalue weighted by Gasteiger charge is 2.24. The maximum absolute atomic E-state index is 12.3. The number of carbonyl (C=O) groups is 1. The fraction of sp³-hybridized carbons (Fsp3) is 0.300. The molecule has 0 radical (unpaired) electrons. The topological polar surface area (TPSA) is 107 Å². The first kappa shape index (κ1) is 16.6. The van der Waals surface area contributed by atoms with Crippen molar-refractivity contribution < 1.29 is 9.90 Å². The second kappa shape index (κ2) is 6.46. The average molecular weight is 350 g/mol. The third kappa shape index (κ3) is 2.82. The van der Waals surface area contributed by atoms with Gasteiger partial charge in [0.15, 0.2) is 5.96 Å². The van der Waals surface area contributed by atoms with Gasteiger partial charge >= 0.3 is 0 Å². The molecule has 0 saturated heterocycles. The van der Waals surface area contributed by atoms with E-state index in [1.807, 2.05) is 24.3 Å². The maximum atomic E-state index is 12.3. The van der Waals surface area contributed by atoms with Crippen LogP contribution in [0.4, 0.5) is 0 Å². The lowest BCUT2D eigenvalue weighted by Gasteiger charge is -2.28. The Kier molecular flexibility index (Phi) is 4.12. The maximum Gasteiger partial charge on any atom is 0.280 e. The fourth-order valence-corrected chi connectivity index (χ4v) is 4.02. The average Bonchev–Trinajstić information content (AvgIpc) is 2.95. The van der Waals surface area contributed by atoms with Crippen LogP contribution in [0.3, 0.4) is 0 Å². The Morgan fingerprint density at radius 2 is 1.69 bits per heavy atom. The Morgan fingerprint density at radius 3 is 2.42 bits per heavy atom. The minimum absolute atomic E-state index is 0.210. The smallest absolute Gasteiger partial charge is 0.280 e. The lowest BCUT2D eigenvalue weighted by atomic mass is 9.92. The quantitative estimate of drug-likeness (QED) is 0.488. The number of para-hydroxylation sites is 1. The summed E-state index contributed by atoms with van der Waals surface area (Å²) >= 11 is 0. The molecule has 1 heterocycles. The molecular weight excluding hydrogens is 328 g/mol. The van der Waals surface area contributed by atoms with Crippen molar-refractivity contribution in [2.24, 2.45) is 16.5 Å². The van der Waals surface area contributed by atoms with Crippen LogP contribution < -0.4 is 11.5 Å². The zero-order chi connectivity index (χ0) is 18.3. The predicted octanol–water partition coefficient (Wildman–Crippen LogP) is 2.68. The van der Waals surface area contributed by atoms with Crippen LogP contribution in [0.2, 0.25) is 0 Å². The minimum atomic E-state index is -0.442. The van der Waals surface area contributed by atoms with Crippen molar-refractivity contribution in [1.82, 2.24) is 4.57 Å². The summed E-state index contributed by atoms with van der Waals surface area (Å²) in [5.41, 5.74) is 13.3. The molecule has 0 spiro atoms. The largest absolute Gasteiger partial charge is 0.393 e. The second-order valence-corrected chi connectivity index (χ2v) is 6.92. The number of benzene rings is 2. The normalized spacial score (nSPS) is 20.3. The van der Waals surface area contributed by atoms with Crippen LogP contribution in [-0.2, 0) is 0 Å². The first-order valence-corrected chi connectivity index (χ1v) is 8.89. The van der Waals surface area contributed by atoms with Gasteiger partial charge in [-0.15, -0.1) is 0 Å². The molecule has 3 aromatic rings. The molecule has 1 aliphatic rings. The molecule has 134 valence electrons. The van der Waals surface area contributed by atoms with E-state index in [0.29, 0.717) is 11.6 Å². The Morgan fingerprint density at radius 1 is 1.00 bits per heavy atom. The number of aliphatic hydroxyl groups is 1. The van der Waals surface area contributed by atoms with Gasteiger partial charge in [0.25, 0.3) is 5.91 Å². The van der Waals surface area contributed by atoms with E-state index in [4.69, 9.17) is 11.5 Å². The predicted molar refractivity (Wildman–Crippen MR) is 103 cm³/mol. The van der Waals surface area contributed by atoms with Crippen LogP contribution in [0.5, 0.6) is 0 Å². The Labute approximate surface area is 151 Å². The van der Waals surface area contributed by atoms with E-state index in [-0.39, 0.29) is 12.1 Å². The molecule has 4 rings (SSSR count). The van der Waals surface area contributed by atoms with Gasteiger partial charge in [-0.3, -0.25) is 4.79 Å². The van der Waals surface area contributed by atoms with Crippen LogP contribution in [0.1, 0.15) is 42.1 Å². The van der Waals surface area contributed by atoms with E-state index in [1.54, 1.807) is 6.07 Å². The molecule has 26 heavy (non-hydrogen) atoms. The third-order valence-corrected chi connectivity index (χ3v) is 5.22. The number of aliphatic imine (C=N–C) groups is 1. The molecule has 5 N–H and O–H groups in total. The summed E-state index contributed by atoms with van der Waals surface area (Å²) in [4.78, 5) is 15.9. The molecule has 1 amide bonds. The number of guanidine groups is 1. The molecular formula is C20H22N4O2. The van der Waals surface area contributed by atoms with Crippen LogP contribution in [0.25, 0.3) is 21.8 Å². The number of amides is 1. The SMILES string of the molecule is NC(N)=NC(=O)c1ccc2c3ccccc3n(C3CCC(O)CC3)c2c1. The summed E-state index contributed by atoms with van der Waals surface area (Å²) in [7, 11) is 0. The second-order valence-electron chi connectivity index (χ2n) is 6.92. The highest BCUT2D eigenvalue weighted by Crippen LogP contribution is 2.38. The molecule has 0 aliphatic heterocycles. The number of hydrogen-bond acceptors (Lipinski definition) is 2. The highest BCUT2D eigenvalue weighted by molar-refractivity contribution is 6.11. The van der Waals surface area contributed by atoms with Gasteiger partial charge in [-0.25, -0.2) is 0 Å². The van der Waals surface area contributed by atoms with Gasteiger partial charge in [0.05, 0.1) is 11.6 Å². The summed E-state index contributed by atoms with van der Waals surface area (Å²) < 4.78 is 2.31. The third-order valence-electron chi connectivity index (χ3n) is 5.22. The number of hydrogen-bond donors (Lipinski definition) is 3. The van der Waals surface area contributed by atoms with Crippen molar-refractivity contribution in [1.29, 1.82) is 0 Å². The molecule has 6 heteroatoms. The van der Waals surface area contributed by atoms with Gasteiger partial charge in [-0.2, -0.15) is 4.99 Å². The number of carbonyl (C=O) groups excluding carboxylic acids is 1. The van der Waals surface area contributed by atoms with E-state index in [2.05, 4.69) is 21.7 Å². The Hall–Kier alpha value is -2.86. The molecule has 1 aliphatic carbocycles. The van der Waals surface area contributed by atoms with Gasteiger partial charge in [0, 0.05) is 27.9 Å². The van der Waals surface area contributed by atoms with Crippen LogP contribution >= 0.6 is 0 Å². The summed E-state index contributed by atoms with van der Waals surface area (Å²) in [6, 6.07) is 14.2. The van der Waals surface area contributed by atoms with Crippen molar-refractivity contribution in [2.45, 2.75) is 37.8 Å². The van der Waals surface area contributed by atoms with E-state index in [9.17, 15) is 9.90 Å². The molecule has 0 unspecified atom stereocenters. The van der Waals surface area contributed by atoms with Gasteiger partial charge in [-0.05, 0) is 43.9 Å². The van der Waals surface area contributed by atoms with E-state index < -0.39 is 5.91 Å². The number of aromatic nitrogens is 1. The van der Waals surface area contributed by atoms with Crippen molar-refractivity contribution in [2.75, 3.05) is 0 Å². The minimum Gasteiger partial charge on any atom is -0.393 e. The van der Waals surface area contributed by atoms with Gasteiger partial charge in [0.2, 0.25) is 0 Å². The summed E-state index contributed by atoms with van der Waals surface area (Å²) in [5.74, 6) is -0.681. The first-order valence-electron chi connectivity index (χ1n) is 8.89. The molecule has 2 aromatic carbocycles. The number of fused-ring (bicyclic) bond motifs is 3. The lowest BCUT2D eigenvalue weighted by Crippen LogP contribution is -2.24. The number of aliphatic hydroxyl groups excluding tert-OH is 1. The Balaban J connectivity index is 1.91. The van der Waals surface area contributed by atoms with Crippen LogP contribution in [-0.4, -0.2) is 27.6 Å². The van der Waals surface area contributed by atoms with E-state index in [1.165, 1.54) is 0 Å². The number of rotatable bonds is 2. The van der Waals surface area contributed by atoms with Crippen LogP contribution in [0, 0.1) is 0 Å². The zero-order valence-electron chi connectivity index (χ0n) is 14.4. The first-order chi connectivity index (χ1) is 12.5. The van der Waals surface area contributed by atoms with E-state index in [0.717, 1.165) is 47.5 Å². The molecule has 6 nitrogen and oxygen atoms in total. The number of nitrogens with zero attached hydrogens (tertiary/aromatic N) is 2. The lowest BCUT2D eigenvalue weighted by molar-refractivity contribution is 0.100. The molecule has 1 saturated carbocycles. The molecule has 0 atom stereocenters. The van der Waals surface area contributed by atoms with Crippen molar-refractivity contribution >= 4 is 33.7 Å². The Bertz CT molecular complexity index is 1010. The van der Waals surface area contributed by atoms with Crippen molar-refractivity contribution in [3.8, 4) is 0 Å². The highest BCUT2D eigenvalue weighted by atomic mass is 16.3. The summed E-state index contributed by atoms with van der Waals surface area (Å²) in [6.07, 6.45) is 3.22. The fourth-order valence-electron chi connectivity index (χ4n) is 4.02.